The van der Waals surface area contributed by atoms with Crippen molar-refractivity contribution in [3.63, 3.8) is 0 Å². The number of alkyl halides is 3. The number of hydrogen-bond acceptors (Lipinski definition) is 5. The van der Waals surface area contributed by atoms with Crippen LogP contribution in [0.15, 0.2) is 42.5 Å². The first-order valence-corrected chi connectivity index (χ1v) is 7.67. The summed E-state index contributed by atoms with van der Waals surface area (Å²) >= 11 is 0. The fourth-order valence-electron chi connectivity index (χ4n) is 2.39. The number of rotatable bonds is 5. The molecule has 150 valence electrons. The lowest BCUT2D eigenvalue weighted by Crippen LogP contribution is -2.49. The Morgan fingerprint density at radius 2 is 1.75 bits per heavy atom. The maximum atomic E-state index is 13.3. The summed E-state index contributed by atoms with van der Waals surface area (Å²) in [6, 6.07) is 7.28. The van der Waals surface area contributed by atoms with Crippen LogP contribution in [0.2, 0.25) is 0 Å². The van der Waals surface area contributed by atoms with Crippen molar-refractivity contribution in [1.82, 2.24) is 0 Å². The lowest BCUT2D eigenvalue weighted by molar-refractivity contribution is -0.266. The number of esters is 1. The zero-order valence-corrected chi connectivity index (χ0v) is 14.6. The normalized spacial score (nSPS) is 13.4. The molecule has 0 aliphatic rings. The van der Waals surface area contributed by atoms with Crippen LogP contribution in [0.25, 0.3) is 0 Å². The predicted octanol–water partition coefficient (Wildman–Crippen LogP) is 3.01. The van der Waals surface area contributed by atoms with Crippen molar-refractivity contribution in [2.75, 3.05) is 19.5 Å². The fourth-order valence-corrected chi connectivity index (χ4v) is 2.39. The van der Waals surface area contributed by atoms with Crippen molar-refractivity contribution >= 4 is 17.6 Å². The predicted molar refractivity (Wildman–Crippen MR) is 89.3 cm³/mol. The molecule has 2 rings (SSSR count). The first-order chi connectivity index (χ1) is 13.0. The van der Waals surface area contributed by atoms with Gasteiger partial charge in [-0.05, 0) is 30.3 Å². The number of ether oxygens (including phenoxy) is 2. The summed E-state index contributed by atoms with van der Waals surface area (Å²) in [5.41, 5.74) is -4.89. The third kappa shape index (κ3) is 3.91. The van der Waals surface area contributed by atoms with Gasteiger partial charge in [0.25, 0.3) is 11.5 Å². The first-order valence-electron chi connectivity index (χ1n) is 7.67. The molecule has 0 aliphatic carbocycles. The van der Waals surface area contributed by atoms with Gasteiger partial charge in [-0.2, -0.15) is 13.2 Å². The molecule has 28 heavy (non-hydrogen) atoms. The molecule has 10 heteroatoms. The molecule has 0 aromatic heterocycles. The van der Waals surface area contributed by atoms with Crippen LogP contribution in [0.4, 0.5) is 23.2 Å². The maximum Gasteiger partial charge on any atom is 0.432 e. The van der Waals surface area contributed by atoms with Gasteiger partial charge in [0.2, 0.25) is 0 Å². The van der Waals surface area contributed by atoms with E-state index in [1.807, 2.05) is 0 Å². The van der Waals surface area contributed by atoms with Gasteiger partial charge >= 0.3 is 12.1 Å². The highest BCUT2D eigenvalue weighted by Gasteiger charge is 2.62. The fraction of sp³-hybridized carbons (Fsp3) is 0.222. The zero-order chi connectivity index (χ0) is 21.1. The van der Waals surface area contributed by atoms with Gasteiger partial charge in [-0.25, -0.2) is 9.18 Å². The minimum Gasteiger partial charge on any atom is -0.495 e. The molecule has 0 heterocycles. The van der Waals surface area contributed by atoms with E-state index >= 15 is 0 Å². The number of halogens is 4. The second kappa shape index (κ2) is 7.85. The van der Waals surface area contributed by atoms with Gasteiger partial charge in [-0.15, -0.1) is 0 Å². The summed E-state index contributed by atoms with van der Waals surface area (Å²) in [6.45, 7) is 0. The summed E-state index contributed by atoms with van der Waals surface area (Å²) in [6.07, 6.45) is -5.38. The molecule has 0 aliphatic heterocycles. The van der Waals surface area contributed by atoms with Crippen molar-refractivity contribution in [3.8, 4) is 5.75 Å². The van der Waals surface area contributed by atoms with Gasteiger partial charge in [0, 0.05) is 11.1 Å². The Hall–Kier alpha value is -3.14. The van der Waals surface area contributed by atoms with Crippen molar-refractivity contribution in [1.29, 1.82) is 0 Å². The van der Waals surface area contributed by atoms with Crippen LogP contribution in [-0.2, 0) is 15.1 Å². The summed E-state index contributed by atoms with van der Waals surface area (Å²) < 4.78 is 62.3. The van der Waals surface area contributed by atoms with E-state index in [1.165, 1.54) is 12.1 Å². The van der Waals surface area contributed by atoms with Crippen LogP contribution in [0, 0.1) is 5.82 Å². The lowest BCUT2D eigenvalue weighted by atomic mass is 9.92. The molecule has 1 atom stereocenters. The van der Waals surface area contributed by atoms with Gasteiger partial charge in [0.05, 0.1) is 19.9 Å². The summed E-state index contributed by atoms with van der Waals surface area (Å²) in [4.78, 5) is 23.8. The van der Waals surface area contributed by atoms with Crippen LogP contribution in [0.5, 0.6) is 5.75 Å². The van der Waals surface area contributed by atoms with E-state index in [4.69, 9.17) is 4.74 Å². The summed E-state index contributed by atoms with van der Waals surface area (Å²) in [7, 11) is 1.81. The third-order valence-electron chi connectivity index (χ3n) is 3.85. The van der Waals surface area contributed by atoms with Gasteiger partial charge in [0.1, 0.15) is 11.6 Å². The molecule has 0 saturated carbocycles. The van der Waals surface area contributed by atoms with Crippen LogP contribution in [-0.4, -0.2) is 37.4 Å². The number of carbonyl (C=O) groups excluding carboxylic acids is 2. The molecule has 0 bridgehead atoms. The van der Waals surface area contributed by atoms with Gasteiger partial charge < -0.3 is 19.9 Å². The molecule has 6 nitrogen and oxygen atoms in total. The maximum absolute atomic E-state index is 13.3. The van der Waals surface area contributed by atoms with Crippen LogP contribution in [0.3, 0.4) is 0 Å². The number of methoxy groups -OCH3 is 2. The van der Waals surface area contributed by atoms with Gasteiger partial charge in [0.15, 0.2) is 0 Å². The average Bonchev–Trinajstić information content (AvgIpc) is 2.65. The second-order valence-corrected chi connectivity index (χ2v) is 5.58. The Morgan fingerprint density at radius 1 is 1.07 bits per heavy atom. The Balaban J connectivity index is 2.43. The average molecular weight is 401 g/mol. The number of hydrogen-bond donors (Lipinski definition) is 2. The zero-order valence-electron chi connectivity index (χ0n) is 14.6. The largest absolute Gasteiger partial charge is 0.495 e. The highest BCUT2D eigenvalue weighted by Crippen LogP contribution is 2.42. The molecule has 2 aromatic carbocycles. The molecule has 0 radical (unpaired) electrons. The quantitative estimate of drug-likeness (QED) is 0.594. The standard InChI is InChI=1S/C18H15F4NO5/c1-27-14-9-11(17(26,16(25)28-2)18(20,21)22)6-7-13(14)23-15(24)10-4-3-5-12(19)8-10/h3-9,26H,1-2H3,(H,23,24)/t17-/m1/s1. The van der Waals surface area contributed by atoms with E-state index < -0.39 is 35.0 Å². The smallest absolute Gasteiger partial charge is 0.432 e. The van der Waals surface area contributed by atoms with E-state index in [0.29, 0.717) is 7.11 Å². The summed E-state index contributed by atoms with van der Waals surface area (Å²) in [5.74, 6) is -3.60. The first kappa shape index (κ1) is 21.2. The van der Waals surface area contributed by atoms with Crippen molar-refractivity contribution < 1.29 is 41.7 Å². The monoisotopic (exact) mass is 401 g/mol. The van der Waals surface area contributed by atoms with Gasteiger partial charge in [-0.1, -0.05) is 12.1 Å². The Bertz CT molecular complexity index is 900. The van der Waals surface area contributed by atoms with Crippen LogP contribution in [0.1, 0.15) is 15.9 Å². The molecule has 0 saturated heterocycles. The van der Waals surface area contributed by atoms with Crippen molar-refractivity contribution in [2.24, 2.45) is 0 Å². The van der Waals surface area contributed by atoms with E-state index in [0.717, 1.165) is 37.4 Å². The van der Waals surface area contributed by atoms with E-state index in [1.54, 1.807) is 0 Å². The summed E-state index contributed by atoms with van der Waals surface area (Å²) in [5, 5.41) is 12.4. The highest BCUT2D eigenvalue weighted by atomic mass is 19.4. The molecular formula is C18H15F4NO5. The van der Waals surface area contributed by atoms with E-state index in [9.17, 15) is 32.3 Å². The van der Waals surface area contributed by atoms with Crippen LogP contribution >= 0.6 is 0 Å². The molecule has 1 amide bonds. The number of anilines is 1. The van der Waals surface area contributed by atoms with E-state index in [-0.39, 0.29) is 17.0 Å². The van der Waals surface area contributed by atoms with E-state index in [2.05, 4.69) is 10.1 Å². The van der Waals surface area contributed by atoms with Crippen LogP contribution < -0.4 is 10.1 Å². The molecule has 0 fully saturated rings. The SMILES string of the molecule is COC(=O)[C@](O)(c1ccc(NC(=O)c2cccc(F)c2)c(OC)c1)C(F)(F)F. The molecular weight excluding hydrogens is 386 g/mol. The molecule has 0 spiro atoms. The number of benzene rings is 2. The minimum atomic E-state index is -5.38. The topological polar surface area (TPSA) is 84.9 Å². The number of carbonyl (C=O) groups is 2. The highest BCUT2D eigenvalue weighted by molar-refractivity contribution is 6.05. The number of amides is 1. The number of nitrogens with one attached hydrogen (secondary N) is 1. The Kier molecular flexibility index (Phi) is 5.93. The molecule has 0 unspecified atom stereocenters. The molecule has 2 aromatic rings. The Morgan fingerprint density at radius 3 is 2.29 bits per heavy atom. The lowest BCUT2D eigenvalue weighted by Gasteiger charge is -2.28. The van der Waals surface area contributed by atoms with Gasteiger partial charge in [-0.3, -0.25) is 4.79 Å². The van der Waals surface area contributed by atoms with Crippen molar-refractivity contribution in [2.45, 2.75) is 11.8 Å². The van der Waals surface area contributed by atoms with Crippen molar-refractivity contribution in [3.05, 3.63) is 59.4 Å². The minimum absolute atomic E-state index is 0.0347. The molecule has 2 N–H and O–H groups in total. The Labute approximate surface area is 156 Å². The number of aliphatic hydroxyl groups is 1. The second-order valence-electron chi connectivity index (χ2n) is 5.58. The third-order valence-corrected chi connectivity index (χ3v) is 3.85.